The molecule has 0 saturated carbocycles. The summed E-state index contributed by atoms with van der Waals surface area (Å²) in [7, 11) is -2.04. The van der Waals surface area contributed by atoms with E-state index >= 15 is 0 Å². The number of nitrogens with zero attached hydrogens (tertiary/aromatic N) is 1. The summed E-state index contributed by atoms with van der Waals surface area (Å²) in [6.07, 6.45) is -0.731. The third-order valence-corrected chi connectivity index (χ3v) is 4.76. The summed E-state index contributed by atoms with van der Waals surface area (Å²) in [5, 5.41) is 30.7. The van der Waals surface area contributed by atoms with E-state index in [1.165, 1.54) is 0 Å². The highest BCUT2D eigenvalue weighted by molar-refractivity contribution is 6.32. The van der Waals surface area contributed by atoms with E-state index < -0.39 is 19.5 Å². The average Bonchev–Trinajstić information content (AvgIpc) is 3.06. The van der Waals surface area contributed by atoms with Crippen LogP contribution in [0.1, 0.15) is 29.0 Å². The van der Waals surface area contributed by atoms with Crippen molar-refractivity contribution >= 4 is 24.8 Å². The standard InChI is InChI=1S/C19H18BClN2O5/c21-16-7-3-6-15-14(11-27-19(15)16)9-18(28-20(25)26)23-17(24)8-12-4-1-2-5-13(12)10-22/h1-7,14,18,25-26H,8-9,11H2,(H,23,24)/t14-,18-/m1/s1. The number of hydrogen-bond acceptors (Lipinski definition) is 6. The van der Waals surface area contributed by atoms with Crippen LogP contribution in [0.25, 0.3) is 0 Å². The molecule has 0 fully saturated rings. The molecule has 1 heterocycles. The van der Waals surface area contributed by atoms with Crippen molar-refractivity contribution in [3.05, 3.63) is 64.2 Å². The van der Waals surface area contributed by atoms with Crippen LogP contribution in [0.4, 0.5) is 0 Å². The highest BCUT2D eigenvalue weighted by Crippen LogP contribution is 2.41. The maximum Gasteiger partial charge on any atom is 0.635 e. The molecule has 144 valence electrons. The smallest absolute Gasteiger partial charge is 0.491 e. The van der Waals surface area contributed by atoms with E-state index in [0.29, 0.717) is 28.5 Å². The fraction of sp³-hybridized carbons (Fsp3) is 0.263. The molecule has 0 radical (unpaired) electrons. The summed E-state index contributed by atoms with van der Waals surface area (Å²) in [5.41, 5.74) is 1.86. The van der Waals surface area contributed by atoms with Crippen LogP contribution in [0.3, 0.4) is 0 Å². The van der Waals surface area contributed by atoms with E-state index in [1.54, 1.807) is 36.4 Å². The maximum atomic E-state index is 12.4. The van der Waals surface area contributed by atoms with Gasteiger partial charge in [-0.3, -0.25) is 4.79 Å². The van der Waals surface area contributed by atoms with Gasteiger partial charge in [-0.25, -0.2) is 0 Å². The number of rotatable bonds is 7. The van der Waals surface area contributed by atoms with Crippen molar-refractivity contribution in [3.63, 3.8) is 0 Å². The molecular formula is C19H18BClN2O5. The molecule has 0 aromatic heterocycles. The molecule has 0 bridgehead atoms. The topological polar surface area (TPSA) is 112 Å². The molecule has 2 atom stereocenters. The molecule has 2 aromatic carbocycles. The first kappa shape index (κ1) is 20.2. The molecule has 0 aliphatic carbocycles. The number of hydrogen-bond donors (Lipinski definition) is 3. The molecule has 2 aromatic rings. The molecular weight excluding hydrogens is 382 g/mol. The SMILES string of the molecule is N#Cc1ccccc1CC(=O)N[C@@H](C[C@@H]1COc2c(Cl)cccc21)OB(O)O. The molecule has 1 aliphatic rings. The van der Waals surface area contributed by atoms with Gasteiger partial charge in [0.2, 0.25) is 5.91 Å². The minimum Gasteiger partial charge on any atom is -0.491 e. The Balaban J connectivity index is 1.69. The lowest BCUT2D eigenvalue weighted by molar-refractivity contribution is -0.123. The van der Waals surface area contributed by atoms with Gasteiger partial charge in [0.15, 0.2) is 0 Å². The molecule has 3 rings (SSSR count). The predicted octanol–water partition coefficient (Wildman–Crippen LogP) is 1.75. The lowest BCUT2D eigenvalue weighted by atomic mass is 9.96. The first-order valence-corrected chi connectivity index (χ1v) is 9.06. The predicted molar refractivity (Wildman–Crippen MR) is 102 cm³/mol. The fourth-order valence-electron chi connectivity index (χ4n) is 3.21. The maximum absolute atomic E-state index is 12.4. The summed E-state index contributed by atoms with van der Waals surface area (Å²) in [6, 6.07) is 14.2. The summed E-state index contributed by atoms with van der Waals surface area (Å²) in [6.45, 7) is 0.341. The number of carbonyl (C=O) groups excluding carboxylic acids is 1. The monoisotopic (exact) mass is 400 g/mol. The van der Waals surface area contributed by atoms with Crippen LogP contribution in [0, 0.1) is 11.3 Å². The van der Waals surface area contributed by atoms with Crippen molar-refractivity contribution in [1.82, 2.24) is 5.32 Å². The van der Waals surface area contributed by atoms with Crippen LogP contribution in [0.5, 0.6) is 5.75 Å². The van der Waals surface area contributed by atoms with Gasteiger partial charge in [0.25, 0.3) is 0 Å². The zero-order chi connectivity index (χ0) is 20.1. The molecule has 7 nitrogen and oxygen atoms in total. The van der Waals surface area contributed by atoms with Crippen molar-refractivity contribution in [3.8, 4) is 11.8 Å². The van der Waals surface area contributed by atoms with Crippen molar-refractivity contribution in [1.29, 1.82) is 5.26 Å². The third-order valence-electron chi connectivity index (χ3n) is 4.46. The van der Waals surface area contributed by atoms with Gasteiger partial charge >= 0.3 is 7.32 Å². The first-order chi connectivity index (χ1) is 13.5. The second kappa shape index (κ2) is 9.08. The highest BCUT2D eigenvalue weighted by Gasteiger charge is 2.31. The number of fused-ring (bicyclic) bond motifs is 1. The Bertz CT molecular complexity index is 902. The molecule has 28 heavy (non-hydrogen) atoms. The highest BCUT2D eigenvalue weighted by atomic mass is 35.5. The van der Waals surface area contributed by atoms with E-state index in [-0.39, 0.29) is 18.8 Å². The van der Waals surface area contributed by atoms with Crippen LogP contribution in [-0.2, 0) is 15.9 Å². The third kappa shape index (κ3) is 4.83. The molecule has 0 spiro atoms. The lowest BCUT2D eigenvalue weighted by Crippen LogP contribution is -2.42. The number of nitrogens with one attached hydrogen (secondary N) is 1. The first-order valence-electron chi connectivity index (χ1n) is 8.68. The van der Waals surface area contributed by atoms with Gasteiger partial charge in [-0.2, -0.15) is 5.26 Å². The summed E-state index contributed by atoms with van der Waals surface area (Å²) in [4.78, 5) is 12.4. The van der Waals surface area contributed by atoms with Crippen LogP contribution in [0.2, 0.25) is 5.02 Å². The Kier molecular flexibility index (Phi) is 6.55. The Morgan fingerprint density at radius 1 is 1.36 bits per heavy atom. The van der Waals surface area contributed by atoms with Crippen molar-refractivity contribution in [2.75, 3.05) is 6.61 Å². The fourth-order valence-corrected chi connectivity index (χ4v) is 3.45. The van der Waals surface area contributed by atoms with Crippen LogP contribution in [-0.4, -0.2) is 36.1 Å². The number of amides is 1. The van der Waals surface area contributed by atoms with Crippen molar-refractivity contribution in [2.45, 2.75) is 25.0 Å². The summed E-state index contributed by atoms with van der Waals surface area (Å²) < 4.78 is 10.7. The summed E-state index contributed by atoms with van der Waals surface area (Å²) in [5.74, 6) is 0.0504. The molecule has 1 amide bonds. The van der Waals surface area contributed by atoms with Gasteiger partial charge in [0.05, 0.1) is 29.7 Å². The van der Waals surface area contributed by atoms with E-state index in [4.69, 9.17) is 26.3 Å². The van der Waals surface area contributed by atoms with Crippen molar-refractivity contribution in [2.24, 2.45) is 0 Å². The second-order valence-electron chi connectivity index (χ2n) is 6.37. The molecule has 0 unspecified atom stereocenters. The minimum atomic E-state index is -2.04. The number of para-hydroxylation sites is 1. The van der Waals surface area contributed by atoms with Crippen LogP contribution in [0.15, 0.2) is 42.5 Å². The van der Waals surface area contributed by atoms with Gasteiger partial charge in [0, 0.05) is 17.9 Å². The zero-order valence-corrected chi connectivity index (χ0v) is 15.6. The van der Waals surface area contributed by atoms with E-state index in [1.807, 2.05) is 12.1 Å². The number of ether oxygens (including phenoxy) is 1. The Morgan fingerprint density at radius 2 is 2.14 bits per heavy atom. The number of carbonyl (C=O) groups is 1. The van der Waals surface area contributed by atoms with Gasteiger partial charge in [-0.05, 0) is 17.7 Å². The lowest BCUT2D eigenvalue weighted by Gasteiger charge is -2.22. The number of benzene rings is 2. The van der Waals surface area contributed by atoms with Crippen LogP contribution >= 0.6 is 11.6 Å². The molecule has 3 N–H and O–H groups in total. The van der Waals surface area contributed by atoms with Gasteiger partial charge in [-0.15, -0.1) is 0 Å². The molecule has 9 heteroatoms. The van der Waals surface area contributed by atoms with E-state index in [0.717, 1.165) is 5.56 Å². The van der Waals surface area contributed by atoms with Gasteiger partial charge in [0.1, 0.15) is 12.0 Å². The number of nitriles is 1. The number of halogens is 1. The van der Waals surface area contributed by atoms with E-state index in [2.05, 4.69) is 5.32 Å². The summed E-state index contributed by atoms with van der Waals surface area (Å²) >= 11 is 6.13. The minimum absolute atomic E-state index is 0.0330. The quantitative estimate of drug-likeness (QED) is 0.482. The average molecular weight is 401 g/mol. The molecule has 0 saturated heterocycles. The Hall–Kier alpha value is -2.57. The normalized spacial score (nSPS) is 15.9. The van der Waals surface area contributed by atoms with Gasteiger partial charge < -0.3 is 24.8 Å². The van der Waals surface area contributed by atoms with Gasteiger partial charge in [-0.1, -0.05) is 41.9 Å². The zero-order valence-electron chi connectivity index (χ0n) is 14.8. The largest absolute Gasteiger partial charge is 0.635 e. The Morgan fingerprint density at radius 3 is 2.89 bits per heavy atom. The van der Waals surface area contributed by atoms with E-state index in [9.17, 15) is 14.8 Å². The molecule has 1 aliphatic heterocycles. The Labute approximate surface area is 167 Å². The van der Waals surface area contributed by atoms with Crippen LogP contribution < -0.4 is 10.1 Å². The second-order valence-corrected chi connectivity index (χ2v) is 6.77. The van der Waals surface area contributed by atoms with Crippen molar-refractivity contribution < 1.29 is 24.2 Å².